The Balaban J connectivity index is 2.43. The fraction of sp³-hybridized carbons (Fsp3) is 0.133. The summed E-state index contributed by atoms with van der Waals surface area (Å²) < 4.78 is 18.6. The predicted molar refractivity (Wildman–Crippen MR) is 74.4 cm³/mol. The SMILES string of the molecule is Cc1cc([N+](=O)[O-])c(C)cc1Oc1ccc(F)cc1C=O. The zero-order chi connectivity index (χ0) is 15.6. The Morgan fingerprint density at radius 2 is 1.86 bits per heavy atom. The van der Waals surface area contributed by atoms with Crippen LogP contribution < -0.4 is 4.74 Å². The van der Waals surface area contributed by atoms with Crippen molar-refractivity contribution in [3.8, 4) is 11.5 Å². The molecule has 5 nitrogen and oxygen atoms in total. The van der Waals surface area contributed by atoms with Crippen LogP contribution in [0.3, 0.4) is 0 Å². The Bertz CT molecular complexity index is 728. The first-order valence-electron chi connectivity index (χ1n) is 6.10. The van der Waals surface area contributed by atoms with E-state index in [0.717, 1.165) is 6.07 Å². The molecule has 0 atom stereocenters. The fourth-order valence-corrected chi connectivity index (χ4v) is 1.90. The van der Waals surface area contributed by atoms with Crippen LogP contribution in [0.4, 0.5) is 10.1 Å². The van der Waals surface area contributed by atoms with Crippen LogP contribution in [0.1, 0.15) is 21.5 Å². The molecule has 0 aliphatic carbocycles. The lowest BCUT2D eigenvalue weighted by atomic mass is 10.1. The molecule has 0 aromatic heterocycles. The van der Waals surface area contributed by atoms with E-state index in [1.165, 1.54) is 24.3 Å². The lowest BCUT2D eigenvalue weighted by Crippen LogP contribution is -1.97. The van der Waals surface area contributed by atoms with Gasteiger partial charge in [0.25, 0.3) is 5.69 Å². The molecule has 0 saturated carbocycles. The number of ether oxygens (including phenoxy) is 1. The lowest BCUT2D eigenvalue weighted by molar-refractivity contribution is -0.385. The van der Waals surface area contributed by atoms with Gasteiger partial charge in [0.1, 0.15) is 17.3 Å². The predicted octanol–water partition coefficient (Wildman–Crippen LogP) is 3.96. The van der Waals surface area contributed by atoms with Gasteiger partial charge in [-0.1, -0.05) is 0 Å². The minimum absolute atomic E-state index is 0.00503. The van der Waals surface area contributed by atoms with Crippen LogP contribution in [-0.2, 0) is 0 Å². The van der Waals surface area contributed by atoms with Crippen molar-refractivity contribution in [1.29, 1.82) is 0 Å². The van der Waals surface area contributed by atoms with Crippen LogP contribution in [0.25, 0.3) is 0 Å². The summed E-state index contributed by atoms with van der Waals surface area (Å²) in [7, 11) is 0. The van der Waals surface area contributed by atoms with E-state index < -0.39 is 10.7 Å². The number of carbonyl (C=O) groups is 1. The number of hydrogen-bond acceptors (Lipinski definition) is 4. The molecule has 0 spiro atoms. The van der Waals surface area contributed by atoms with Crippen molar-refractivity contribution in [2.45, 2.75) is 13.8 Å². The second kappa shape index (κ2) is 5.70. The van der Waals surface area contributed by atoms with E-state index in [2.05, 4.69) is 0 Å². The number of aryl methyl sites for hydroxylation is 2. The average Bonchev–Trinajstić information content (AvgIpc) is 2.43. The van der Waals surface area contributed by atoms with Gasteiger partial charge in [-0.3, -0.25) is 14.9 Å². The van der Waals surface area contributed by atoms with Crippen molar-refractivity contribution in [2.75, 3.05) is 0 Å². The Labute approximate surface area is 120 Å². The first-order valence-corrected chi connectivity index (χ1v) is 6.10. The highest BCUT2D eigenvalue weighted by Crippen LogP contribution is 2.32. The van der Waals surface area contributed by atoms with E-state index >= 15 is 0 Å². The molecule has 2 aromatic rings. The third kappa shape index (κ3) is 3.05. The van der Waals surface area contributed by atoms with Gasteiger partial charge in [-0.2, -0.15) is 0 Å². The number of benzene rings is 2. The summed E-state index contributed by atoms with van der Waals surface area (Å²) in [6.45, 7) is 3.25. The van der Waals surface area contributed by atoms with Crippen molar-refractivity contribution in [2.24, 2.45) is 0 Å². The van der Waals surface area contributed by atoms with Crippen molar-refractivity contribution in [3.63, 3.8) is 0 Å². The zero-order valence-electron chi connectivity index (χ0n) is 11.4. The number of aldehydes is 1. The van der Waals surface area contributed by atoms with E-state index in [1.54, 1.807) is 13.8 Å². The number of hydrogen-bond donors (Lipinski definition) is 0. The highest BCUT2D eigenvalue weighted by atomic mass is 19.1. The number of nitro benzene ring substituents is 1. The summed E-state index contributed by atoms with van der Waals surface area (Å²) in [5.41, 5.74) is 1.06. The monoisotopic (exact) mass is 289 g/mol. The third-order valence-electron chi connectivity index (χ3n) is 3.01. The average molecular weight is 289 g/mol. The minimum Gasteiger partial charge on any atom is -0.456 e. The molecule has 108 valence electrons. The summed E-state index contributed by atoms with van der Waals surface area (Å²) in [5.74, 6) is 0.0385. The number of nitrogens with zero attached hydrogens (tertiary/aromatic N) is 1. The normalized spacial score (nSPS) is 10.2. The zero-order valence-corrected chi connectivity index (χ0v) is 11.4. The molecule has 0 heterocycles. The maximum Gasteiger partial charge on any atom is 0.272 e. The molecule has 2 rings (SSSR count). The van der Waals surface area contributed by atoms with Gasteiger partial charge in [0.2, 0.25) is 0 Å². The number of nitro groups is 1. The highest BCUT2D eigenvalue weighted by molar-refractivity contribution is 5.79. The minimum atomic E-state index is -0.541. The lowest BCUT2D eigenvalue weighted by Gasteiger charge is -2.11. The standard InChI is InChI=1S/C15H12FNO4/c1-9-6-15(10(2)5-13(9)17(19)20)21-14-4-3-12(16)7-11(14)8-18/h3-8H,1-2H3. The second-order valence-corrected chi connectivity index (χ2v) is 4.56. The molecule has 0 N–H and O–H groups in total. The van der Waals surface area contributed by atoms with Crippen molar-refractivity contribution < 1.29 is 18.8 Å². The van der Waals surface area contributed by atoms with Gasteiger partial charge in [-0.25, -0.2) is 4.39 Å². The van der Waals surface area contributed by atoms with Gasteiger partial charge in [-0.15, -0.1) is 0 Å². The Hall–Kier alpha value is -2.76. The summed E-state index contributed by atoms with van der Waals surface area (Å²) in [6, 6.07) is 6.50. The maximum absolute atomic E-state index is 13.1. The molecule has 0 aliphatic rings. The van der Waals surface area contributed by atoms with Gasteiger partial charge in [0.05, 0.1) is 10.5 Å². The van der Waals surface area contributed by atoms with E-state index in [9.17, 15) is 19.3 Å². The summed E-state index contributed by atoms with van der Waals surface area (Å²) >= 11 is 0. The quantitative estimate of drug-likeness (QED) is 0.485. The molecule has 2 aromatic carbocycles. The van der Waals surface area contributed by atoms with Crippen LogP contribution in [0.2, 0.25) is 0 Å². The van der Waals surface area contributed by atoms with Crippen LogP contribution in [0.5, 0.6) is 11.5 Å². The van der Waals surface area contributed by atoms with Crippen LogP contribution in [0, 0.1) is 29.8 Å². The van der Waals surface area contributed by atoms with Crippen molar-refractivity contribution >= 4 is 12.0 Å². The number of carbonyl (C=O) groups excluding carboxylic acids is 1. The van der Waals surface area contributed by atoms with E-state index in [-0.39, 0.29) is 17.0 Å². The Kier molecular flexibility index (Phi) is 3.98. The molecular weight excluding hydrogens is 277 g/mol. The Morgan fingerprint density at radius 3 is 2.48 bits per heavy atom. The third-order valence-corrected chi connectivity index (χ3v) is 3.01. The summed E-state index contributed by atoms with van der Waals surface area (Å²) in [6.07, 6.45) is 0.492. The van der Waals surface area contributed by atoms with Crippen LogP contribution >= 0.6 is 0 Å². The molecule has 0 fully saturated rings. The molecule has 0 radical (unpaired) electrons. The molecule has 21 heavy (non-hydrogen) atoms. The first-order chi connectivity index (χ1) is 9.92. The molecule has 0 saturated heterocycles. The molecular formula is C15H12FNO4. The van der Waals surface area contributed by atoms with Crippen molar-refractivity contribution in [1.82, 2.24) is 0 Å². The Morgan fingerprint density at radius 1 is 1.14 bits per heavy atom. The first kappa shape index (κ1) is 14.6. The van der Waals surface area contributed by atoms with Crippen LogP contribution in [-0.4, -0.2) is 11.2 Å². The summed E-state index contributed by atoms with van der Waals surface area (Å²) in [4.78, 5) is 21.3. The van der Waals surface area contributed by atoms with Crippen molar-refractivity contribution in [3.05, 3.63) is 63.0 Å². The molecule has 6 heteroatoms. The van der Waals surface area contributed by atoms with Gasteiger partial charge < -0.3 is 4.74 Å². The molecule has 0 bridgehead atoms. The topological polar surface area (TPSA) is 69.4 Å². The largest absolute Gasteiger partial charge is 0.456 e. The van der Waals surface area contributed by atoms with E-state index in [1.807, 2.05) is 0 Å². The smallest absolute Gasteiger partial charge is 0.272 e. The molecule has 0 unspecified atom stereocenters. The van der Waals surface area contributed by atoms with Gasteiger partial charge in [-0.05, 0) is 43.7 Å². The molecule has 0 amide bonds. The van der Waals surface area contributed by atoms with Crippen LogP contribution in [0.15, 0.2) is 30.3 Å². The fourth-order valence-electron chi connectivity index (χ4n) is 1.90. The maximum atomic E-state index is 13.1. The van der Waals surface area contributed by atoms with Gasteiger partial charge in [0.15, 0.2) is 6.29 Å². The number of rotatable bonds is 4. The molecule has 0 aliphatic heterocycles. The second-order valence-electron chi connectivity index (χ2n) is 4.56. The van der Waals surface area contributed by atoms with Gasteiger partial charge in [0, 0.05) is 11.6 Å². The van der Waals surface area contributed by atoms with E-state index in [4.69, 9.17) is 4.74 Å². The van der Waals surface area contributed by atoms with E-state index in [0.29, 0.717) is 23.2 Å². The summed E-state index contributed by atoms with van der Waals surface area (Å²) in [5, 5.41) is 10.9. The highest BCUT2D eigenvalue weighted by Gasteiger charge is 2.15. The van der Waals surface area contributed by atoms with Gasteiger partial charge >= 0.3 is 0 Å². The number of halogens is 1.